The van der Waals surface area contributed by atoms with Crippen LogP contribution in [0.2, 0.25) is 5.02 Å². The fraction of sp³-hybridized carbons (Fsp3) is 0.417. The third-order valence-electron chi connectivity index (χ3n) is 3.13. The number of sulfonamides is 1. The Balaban J connectivity index is 2.32. The minimum absolute atomic E-state index is 0.339. The summed E-state index contributed by atoms with van der Waals surface area (Å²) in [6.45, 7) is 0.339. The molecule has 1 N–H and O–H groups in total. The summed E-state index contributed by atoms with van der Waals surface area (Å²) in [5.74, 6) is -2.22. The van der Waals surface area contributed by atoms with Crippen molar-refractivity contribution < 1.29 is 18.3 Å². The molecule has 1 fully saturated rings. The van der Waals surface area contributed by atoms with Gasteiger partial charge in [-0.25, -0.2) is 8.42 Å². The van der Waals surface area contributed by atoms with E-state index in [0.29, 0.717) is 24.4 Å². The zero-order chi connectivity index (χ0) is 14.0. The van der Waals surface area contributed by atoms with Gasteiger partial charge in [-0.1, -0.05) is 29.8 Å². The second-order valence-corrected chi connectivity index (χ2v) is 6.77. The number of carbonyl (C=O) groups is 1. The number of aliphatic carboxylic acids is 1. The molecule has 0 spiro atoms. The van der Waals surface area contributed by atoms with Gasteiger partial charge in [-0.15, -0.1) is 0 Å². The summed E-state index contributed by atoms with van der Waals surface area (Å²) in [4.78, 5) is 10.6. The zero-order valence-corrected chi connectivity index (χ0v) is 11.7. The number of rotatable bonds is 4. The normalized spacial score (nSPS) is 20.6. The molecule has 1 aliphatic heterocycles. The molecule has 1 heterocycles. The third-order valence-corrected chi connectivity index (χ3v) is 5.24. The van der Waals surface area contributed by atoms with Crippen molar-refractivity contribution >= 4 is 27.6 Å². The fourth-order valence-electron chi connectivity index (χ4n) is 2.37. The molecule has 1 unspecified atom stereocenters. The molecule has 1 aromatic rings. The molecule has 0 aromatic heterocycles. The maximum absolute atomic E-state index is 12.0. The number of carboxylic acid groups (broad SMARTS) is 1. The molecule has 104 valence electrons. The maximum Gasteiger partial charge on any atom is 0.320 e. The van der Waals surface area contributed by atoms with E-state index in [9.17, 15) is 13.2 Å². The van der Waals surface area contributed by atoms with E-state index in [0.717, 1.165) is 5.56 Å². The molecule has 1 saturated heterocycles. The van der Waals surface area contributed by atoms with Crippen molar-refractivity contribution in [2.24, 2.45) is 0 Å². The minimum Gasteiger partial charge on any atom is -0.480 e. The molecule has 2 rings (SSSR count). The lowest BCUT2D eigenvalue weighted by Gasteiger charge is -2.24. The van der Waals surface area contributed by atoms with Gasteiger partial charge in [0, 0.05) is 11.6 Å². The third kappa shape index (κ3) is 3.08. The van der Waals surface area contributed by atoms with Crippen molar-refractivity contribution in [2.45, 2.75) is 18.9 Å². The van der Waals surface area contributed by atoms with Crippen molar-refractivity contribution in [3.05, 3.63) is 34.9 Å². The lowest BCUT2D eigenvalue weighted by Crippen LogP contribution is -2.35. The van der Waals surface area contributed by atoms with Crippen LogP contribution >= 0.6 is 11.6 Å². The van der Waals surface area contributed by atoms with Crippen LogP contribution in [0.3, 0.4) is 0 Å². The lowest BCUT2D eigenvalue weighted by atomic mass is 10.1. The van der Waals surface area contributed by atoms with Crippen molar-refractivity contribution in [1.82, 2.24) is 4.31 Å². The summed E-state index contributed by atoms with van der Waals surface area (Å²) in [6.07, 6.45) is 1.36. The zero-order valence-electron chi connectivity index (χ0n) is 10.1. The van der Waals surface area contributed by atoms with E-state index in [1.165, 1.54) is 4.31 Å². The molecule has 0 bridgehead atoms. The summed E-state index contributed by atoms with van der Waals surface area (Å²) in [7, 11) is -3.80. The van der Waals surface area contributed by atoms with Gasteiger partial charge >= 0.3 is 5.97 Å². The van der Waals surface area contributed by atoms with E-state index in [1.54, 1.807) is 24.3 Å². The first-order valence-corrected chi connectivity index (χ1v) is 7.86. The van der Waals surface area contributed by atoms with Gasteiger partial charge in [0.1, 0.15) is 0 Å². The van der Waals surface area contributed by atoms with E-state index in [2.05, 4.69) is 0 Å². The Morgan fingerprint density at radius 2 is 2.11 bits per heavy atom. The highest BCUT2D eigenvalue weighted by molar-refractivity contribution is 7.89. The van der Waals surface area contributed by atoms with Gasteiger partial charge in [0.05, 0.1) is 6.04 Å². The molecule has 7 heteroatoms. The van der Waals surface area contributed by atoms with E-state index in [-0.39, 0.29) is 6.04 Å². The molecule has 5 nitrogen and oxygen atoms in total. The van der Waals surface area contributed by atoms with Crippen LogP contribution in [0.4, 0.5) is 0 Å². The SMILES string of the molecule is O=C(O)CS(=O)(=O)N1CCCC1c1ccccc1Cl. The molecule has 0 aliphatic carbocycles. The Bertz CT molecular complexity index is 587. The Morgan fingerprint density at radius 3 is 2.74 bits per heavy atom. The fourth-order valence-corrected chi connectivity index (χ4v) is 4.12. The van der Waals surface area contributed by atoms with Gasteiger partial charge in [-0.05, 0) is 24.5 Å². The number of nitrogens with zero attached hydrogens (tertiary/aromatic N) is 1. The summed E-state index contributed by atoms with van der Waals surface area (Å²) < 4.78 is 25.3. The van der Waals surface area contributed by atoms with Gasteiger partial charge in [-0.3, -0.25) is 4.79 Å². The van der Waals surface area contributed by atoms with Crippen LogP contribution in [-0.4, -0.2) is 36.1 Å². The summed E-state index contributed by atoms with van der Waals surface area (Å²) in [5, 5.41) is 9.19. The second kappa shape index (κ2) is 5.48. The van der Waals surface area contributed by atoms with Crippen LogP contribution in [0, 0.1) is 0 Å². The van der Waals surface area contributed by atoms with Gasteiger partial charge in [0.2, 0.25) is 10.0 Å². The molecule has 0 saturated carbocycles. The average Bonchev–Trinajstić information content (AvgIpc) is 2.77. The summed E-state index contributed by atoms with van der Waals surface area (Å²) in [6, 6.07) is 6.69. The minimum atomic E-state index is -3.80. The van der Waals surface area contributed by atoms with E-state index in [1.807, 2.05) is 0 Å². The maximum atomic E-state index is 12.0. The number of benzene rings is 1. The number of hydrogen-bond acceptors (Lipinski definition) is 3. The Hall–Kier alpha value is -1.11. The quantitative estimate of drug-likeness (QED) is 0.921. The lowest BCUT2D eigenvalue weighted by molar-refractivity contribution is -0.134. The first-order valence-electron chi connectivity index (χ1n) is 5.87. The molecular weight excluding hydrogens is 290 g/mol. The number of carboxylic acids is 1. The largest absolute Gasteiger partial charge is 0.480 e. The highest BCUT2D eigenvalue weighted by atomic mass is 35.5. The standard InChI is InChI=1S/C12H14ClNO4S/c13-10-5-2-1-4-9(10)11-6-3-7-14(11)19(17,18)8-12(15)16/h1-2,4-5,11H,3,6-8H2,(H,15,16). The first kappa shape index (κ1) is 14.3. The number of hydrogen-bond donors (Lipinski definition) is 1. The van der Waals surface area contributed by atoms with Gasteiger partial charge < -0.3 is 5.11 Å². The Morgan fingerprint density at radius 1 is 1.42 bits per heavy atom. The highest BCUT2D eigenvalue weighted by Crippen LogP contribution is 2.37. The molecule has 0 amide bonds. The highest BCUT2D eigenvalue weighted by Gasteiger charge is 2.36. The van der Waals surface area contributed by atoms with Gasteiger partial charge in [0.15, 0.2) is 5.75 Å². The van der Waals surface area contributed by atoms with Crippen LogP contribution in [-0.2, 0) is 14.8 Å². The summed E-state index contributed by atoms with van der Waals surface area (Å²) in [5.41, 5.74) is 0.732. The smallest absolute Gasteiger partial charge is 0.320 e. The molecule has 1 aliphatic rings. The van der Waals surface area contributed by atoms with Crippen LogP contribution in [0.1, 0.15) is 24.4 Å². The summed E-state index contributed by atoms with van der Waals surface area (Å²) >= 11 is 6.09. The number of halogens is 1. The van der Waals surface area contributed by atoms with Crippen molar-refractivity contribution in [3.8, 4) is 0 Å². The predicted octanol–water partition coefficient (Wildman–Crippen LogP) is 1.89. The first-order chi connectivity index (χ1) is 8.92. The predicted molar refractivity (Wildman–Crippen MR) is 71.6 cm³/mol. The molecule has 0 radical (unpaired) electrons. The van der Waals surface area contributed by atoms with E-state index >= 15 is 0 Å². The van der Waals surface area contributed by atoms with Crippen LogP contribution in [0.25, 0.3) is 0 Å². The van der Waals surface area contributed by atoms with Crippen LogP contribution in [0.5, 0.6) is 0 Å². The Kier molecular flexibility index (Phi) is 4.13. The monoisotopic (exact) mass is 303 g/mol. The van der Waals surface area contributed by atoms with E-state index in [4.69, 9.17) is 16.7 Å². The topological polar surface area (TPSA) is 74.7 Å². The van der Waals surface area contributed by atoms with Crippen molar-refractivity contribution in [1.29, 1.82) is 0 Å². The second-order valence-electron chi connectivity index (χ2n) is 4.44. The van der Waals surface area contributed by atoms with Gasteiger partial charge in [-0.2, -0.15) is 4.31 Å². The molecule has 19 heavy (non-hydrogen) atoms. The molecule has 1 aromatic carbocycles. The van der Waals surface area contributed by atoms with Gasteiger partial charge in [0.25, 0.3) is 0 Å². The van der Waals surface area contributed by atoms with Crippen LogP contribution in [0.15, 0.2) is 24.3 Å². The van der Waals surface area contributed by atoms with E-state index < -0.39 is 21.7 Å². The van der Waals surface area contributed by atoms with Crippen molar-refractivity contribution in [2.75, 3.05) is 12.3 Å². The van der Waals surface area contributed by atoms with Crippen molar-refractivity contribution in [3.63, 3.8) is 0 Å². The average molecular weight is 304 g/mol. The molecular formula is C12H14ClNO4S. The van der Waals surface area contributed by atoms with Crippen LogP contribution < -0.4 is 0 Å². The Labute approximate surface area is 116 Å². The molecule has 1 atom stereocenters.